The number of Topliss-reactive ketones (excluding diaryl/α,β-unsaturated/α-hetero) is 1. The second-order valence-electron chi connectivity index (χ2n) is 7.22. The summed E-state index contributed by atoms with van der Waals surface area (Å²) in [6, 6.07) is 3.83. The Hall–Kier alpha value is -2.69. The number of benzene rings is 1. The SMILES string of the molecule is CC(=O)c1c(C)oc(NC(=O)c2cc(S(=O)(=O)N3CCCCC3)ccc2Cl)c1C(N)=O. The predicted molar refractivity (Wildman–Crippen MR) is 114 cm³/mol. The van der Waals surface area contributed by atoms with Crippen molar-refractivity contribution in [3.63, 3.8) is 0 Å². The van der Waals surface area contributed by atoms with E-state index < -0.39 is 27.6 Å². The topological polar surface area (TPSA) is 140 Å². The molecule has 1 saturated heterocycles. The summed E-state index contributed by atoms with van der Waals surface area (Å²) in [5.41, 5.74) is 4.94. The molecule has 0 radical (unpaired) electrons. The first-order chi connectivity index (χ1) is 14.5. The number of primary amides is 1. The number of hydrogen-bond acceptors (Lipinski definition) is 6. The van der Waals surface area contributed by atoms with Gasteiger partial charge < -0.3 is 10.2 Å². The molecule has 2 heterocycles. The Balaban J connectivity index is 1.97. The standard InChI is InChI=1S/C20H22ClN3O6S/c1-11(25)16-12(2)30-20(17(16)18(22)26)23-19(27)14-10-13(6-7-15(14)21)31(28,29)24-8-4-3-5-9-24/h6-7,10H,3-5,8-9H2,1-2H3,(H2,22,26)(H,23,27). The number of furan rings is 1. The van der Waals surface area contributed by atoms with E-state index >= 15 is 0 Å². The van der Waals surface area contributed by atoms with Crippen molar-refractivity contribution in [1.29, 1.82) is 0 Å². The van der Waals surface area contributed by atoms with Gasteiger partial charge in [0, 0.05) is 13.1 Å². The van der Waals surface area contributed by atoms with Crippen molar-refractivity contribution in [1.82, 2.24) is 4.31 Å². The molecule has 0 spiro atoms. The van der Waals surface area contributed by atoms with Gasteiger partial charge in [0.25, 0.3) is 11.8 Å². The minimum absolute atomic E-state index is 0.00536. The van der Waals surface area contributed by atoms with Crippen LogP contribution >= 0.6 is 11.6 Å². The summed E-state index contributed by atoms with van der Waals surface area (Å²) in [7, 11) is -3.79. The van der Waals surface area contributed by atoms with Crippen LogP contribution in [0.25, 0.3) is 0 Å². The Morgan fingerprint density at radius 3 is 2.35 bits per heavy atom. The van der Waals surface area contributed by atoms with Gasteiger partial charge in [-0.05, 0) is 44.9 Å². The zero-order valence-electron chi connectivity index (χ0n) is 17.0. The minimum Gasteiger partial charge on any atom is -0.444 e. The molecular formula is C20H22ClN3O6S. The molecule has 0 bridgehead atoms. The Kier molecular flexibility index (Phi) is 6.54. The number of carbonyl (C=O) groups is 3. The van der Waals surface area contributed by atoms with Gasteiger partial charge in [0.15, 0.2) is 5.78 Å². The molecule has 0 saturated carbocycles. The molecule has 1 aromatic carbocycles. The van der Waals surface area contributed by atoms with Gasteiger partial charge in [-0.2, -0.15) is 4.31 Å². The fourth-order valence-corrected chi connectivity index (χ4v) is 5.30. The van der Waals surface area contributed by atoms with Gasteiger partial charge in [0.2, 0.25) is 15.9 Å². The molecule has 11 heteroatoms. The lowest BCUT2D eigenvalue weighted by Crippen LogP contribution is -2.35. The number of halogens is 1. The third-order valence-electron chi connectivity index (χ3n) is 5.05. The molecule has 1 fully saturated rings. The molecule has 166 valence electrons. The van der Waals surface area contributed by atoms with E-state index in [0.717, 1.165) is 19.3 Å². The molecule has 3 rings (SSSR count). The van der Waals surface area contributed by atoms with Crippen molar-refractivity contribution in [3.8, 4) is 0 Å². The van der Waals surface area contributed by atoms with Crippen molar-refractivity contribution in [2.75, 3.05) is 18.4 Å². The second-order valence-corrected chi connectivity index (χ2v) is 9.56. The fraction of sp³-hybridized carbons (Fsp3) is 0.350. The average molecular weight is 468 g/mol. The number of ketones is 1. The van der Waals surface area contributed by atoms with Gasteiger partial charge in [-0.1, -0.05) is 18.0 Å². The molecule has 2 amide bonds. The van der Waals surface area contributed by atoms with E-state index in [1.165, 1.54) is 36.4 Å². The summed E-state index contributed by atoms with van der Waals surface area (Å²) in [4.78, 5) is 36.5. The molecule has 31 heavy (non-hydrogen) atoms. The van der Waals surface area contributed by atoms with Crippen molar-refractivity contribution < 1.29 is 27.2 Å². The third kappa shape index (κ3) is 4.51. The quantitative estimate of drug-likeness (QED) is 0.626. The van der Waals surface area contributed by atoms with Crippen LogP contribution in [0.2, 0.25) is 5.02 Å². The maximum Gasteiger partial charge on any atom is 0.259 e. The number of nitrogens with two attached hydrogens (primary N) is 1. The lowest BCUT2D eigenvalue weighted by atomic mass is 10.1. The maximum atomic E-state index is 12.9. The molecule has 0 atom stereocenters. The molecule has 1 aliphatic heterocycles. The van der Waals surface area contributed by atoms with Gasteiger partial charge in [-0.25, -0.2) is 8.42 Å². The first-order valence-corrected chi connectivity index (χ1v) is 11.4. The summed E-state index contributed by atoms with van der Waals surface area (Å²) < 4.78 is 32.6. The number of sulfonamides is 1. The molecular weight excluding hydrogens is 446 g/mol. The van der Waals surface area contributed by atoms with Gasteiger partial charge in [0.05, 0.1) is 21.0 Å². The van der Waals surface area contributed by atoms with Crippen LogP contribution in [-0.2, 0) is 10.0 Å². The Morgan fingerprint density at radius 2 is 1.77 bits per heavy atom. The molecule has 2 aromatic rings. The summed E-state index contributed by atoms with van der Waals surface area (Å²) >= 11 is 6.14. The number of rotatable bonds is 6. The number of aryl methyl sites for hydroxylation is 1. The highest BCUT2D eigenvalue weighted by molar-refractivity contribution is 7.89. The molecule has 0 aliphatic carbocycles. The molecule has 1 aromatic heterocycles. The Morgan fingerprint density at radius 1 is 1.13 bits per heavy atom. The Bertz CT molecular complexity index is 1170. The highest BCUT2D eigenvalue weighted by Gasteiger charge is 2.29. The number of anilines is 1. The zero-order chi connectivity index (χ0) is 22.9. The van der Waals surface area contributed by atoms with Crippen LogP contribution in [0.15, 0.2) is 27.5 Å². The van der Waals surface area contributed by atoms with Crippen molar-refractivity contribution >= 4 is 45.1 Å². The monoisotopic (exact) mass is 467 g/mol. The highest BCUT2D eigenvalue weighted by Crippen LogP contribution is 2.30. The largest absolute Gasteiger partial charge is 0.444 e. The molecule has 3 N–H and O–H groups in total. The highest BCUT2D eigenvalue weighted by atomic mass is 35.5. The number of amides is 2. The van der Waals surface area contributed by atoms with Gasteiger partial charge >= 0.3 is 0 Å². The number of piperidine rings is 1. The van der Waals surface area contributed by atoms with E-state index in [2.05, 4.69) is 5.32 Å². The van der Waals surface area contributed by atoms with Crippen LogP contribution in [0, 0.1) is 6.92 Å². The number of carbonyl (C=O) groups excluding carboxylic acids is 3. The zero-order valence-corrected chi connectivity index (χ0v) is 18.6. The van der Waals surface area contributed by atoms with E-state index in [4.69, 9.17) is 21.8 Å². The van der Waals surface area contributed by atoms with Crippen molar-refractivity contribution in [3.05, 3.63) is 45.7 Å². The van der Waals surface area contributed by atoms with Crippen molar-refractivity contribution in [2.45, 2.75) is 38.0 Å². The minimum atomic E-state index is -3.79. The third-order valence-corrected chi connectivity index (χ3v) is 7.27. The predicted octanol–water partition coefficient (Wildman–Crippen LogP) is 2.97. The van der Waals surface area contributed by atoms with E-state index in [9.17, 15) is 22.8 Å². The average Bonchev–Trinajstić information content (AvgIpc) is 3.04. The van der Waals surface area contributed by atoms with Gasteiger partial charge in [0.1, 0.15) is 11.3 Å². The fourth-order valence-electron chi connectivity index (χ4n) is 3.56. The van der Waals surface area contributed by atoms with Crippen LogP contribution in [-0.4, -0.2) is 43.4 Å². The lowest BCUT2D eigenvalue weighted by Gasteiger charge is -2.26. The molecule has 0 unspecified atom stereocenters. The molecule has 1 aliphatic rings. The lowest BCUT2D eigenvalue weighted by molar-refractivity contribution is 0.0974. The van der Waals surface area contributed by atoms with Crippen LogP contribution in [0.3, 0.4) is 0 Å². The van der Waals surface area contributed by atoms with Gasteiger partial charge in [-0.15, -0.1) is 0 Å². The van der Waals surface area contributed by atoms with Crippen molar-refractivity contribution in [2.24, 2.45) is 5.73 Å². The second kappa shape index (κ2) is 8.81. The smallest absolute Gasteiger partial charge is 0.259 e. The molecule has 9 nitrogen and oxygen atoms in total. The van der Waals surface area contributed by atoms with E-state index in [-0.39, 0.29) is 38.3 Å². The Labute approximate surface area is 184 Å². The first kappa shape index (κ1) is 23.0. The summed E-state index contributed by atoms with van der Waals surface area (Å²) in [6.45, 7) is 3.52. The van der Waals surface area contributed by atoms with Crippen LogP contribution in [0.1, 0.15) is 63.0 Å². The summed E-state index contributed by atoms with van der Waals surface area (Å²) in [5.74, 6) is -2.41. The summed E-state index contributed by atoms with van der Waals surface area (Å²) in [5, 5.41) is 2.38. The first-order valence-electron chi connectivity index (χ1n) is 9.59. The number of nitrogens with one attached hydrogen (secondary N) is 1. The van der Waals surface area contributed by atoms with Crippen LogP contribution < -0.4 is 11.1 Å². The normalized spacial score (nSPS) is 14.9. The number of nitrogens with zero attached hydrogens (tertiary/aromatic N) is 1. The van der Waals surface area contributed by atoms with E-state index in [1.807, 2.05) is 0 Å². The maximum absolute atomic E-state index is 12.9. The number of hydrogen-bond donors (Lipinski definition) is 2. The van der Waals surface area contributed by atoms with Crippen LogP contribution in [0.5, 0.6) is 0 Å². The summed E-state index contributed by atoms with van der Waals surface area (Å²) in [6.07, 6.45) is 2.51. The van der Waals surface area contributed by atoms with Crippen LogP contribution in [0.4, 0.5) is 5.88 Å². The van der Waals surface area contributed by atoms with Gasteiger partial charge in [-0.3, -0.25) is 19.7 Å². The van der Waals surface area contributed by atoms with E-state index in [1.54, 1.807) is 0 Å². The van der Waals surface area contributed by atoms with E-state index in [0.29, 0.717) is 13.1 Å².